The van der Waals surface area contributed by atoms with E-state index in [4.69, 9.17) is 9.47 Å². The average Bonchev–Trinajstić information content (AvgIpc) is 2.67. The van der Waals surface area contributed by atoms with E-state index in [0.29, 0.717) is 12.2 Å². The second-order valence-electron chi connectivity index (χ2n) is 8.16. The van der Waals surface area contributed by atoms with E-state index in [1.165, 1.54) is 16.8 Å². The molecule has 0 amide bonds. The van der Waals surface area contributed by atoms with E-state index in [2.05, 4.69) is 4.98 Å². The Morgan fingerprint density at radius 1 is 1.23 bits per heavy atom. The molecule has 2 rings (SSSR count). The Morgan fingerprint density at radius 3 is 2.65 bits per heavy atom. The summed E-state index contributed by atoms with van der Waals surface area (Å²) in [4.78, 5) is 24.7. The van der Waals surface area contributed by atoms with Crippen LogP contribution in [0.4, 0.5) is 0 Å². The van der Waals surface area contributed by atoms with Crippen LogP contribution in [0.2, 0.25) is 0 Å². The molecule has 0 radical (unpaired) electrons. The molecule has 2 N–H and O–H groups in total. The minimum Gasteiger partial charge on any atom is -0.491 e. The largest absolute Gasteiger partial charge is 0.491 e. The Bertz CT molecular complexity index is 1070. The summed E-state index contributed by atoms with van der Waals surface area (Å²) >= 11 is 0. The van der Waals surface area contributed by atoms with E-state index in [0.717, 1.165) is 5.56 Å². The predicted octanol–water partition coefficient (Wildman–Crippen LogP) is 1.27. The minimum absolute atomic E-state index is 0.0126. The SMILES string of the molecule is C[C@@H](CS(=O)(=O)CCCOCn1ccc(=O)[nH]c1=O)c1cccc(OCC(C)(C)O)c1. The monoisotopic (exact) mass is 454 g/mol. The molecule has 2 aromatic rings. The molecule has 0 aliphatic rings. The zero-order valence-corrected chi connectivity index (χ0v) is 18.9. The Kier molecular flexibility index (Phi) is 8.60. The van der Waals surface area contributed by atoms with Gasteiger partial charge in [0.25, 0.3) is 5.56 Å². The second-order valence-corrected chi connectivity index (χ2v) is 10.4. The Morgan fingerprint density at radius 2 is 1.97 bits per heavy atom. The number of nitrogens with zero attached hydrogens (tertiary/aromatic N) is 1. The van der Waals surface area contributed by atoms with Gasteiger partial charge in [-0.1, -0.05) is 19.1 Å². The van der Waals surface area contributed by atoms with Gasteiger partial charge in [-0.2, -0.15) is 0 Å². The molecule has 1 aromatic heterocycles. The van der Waals surface area contributed by atoms with Gasteiger partial charge in [-0.15, -0.1) is 0 Å². The third kappa shape index (κ3) is 9.07. The van der Waals surface area contributed by atoms with Crippen molar-refractivity contribution in [2.45, 2.75) is 45.4 Å². The molecule has 0 saturated heterocycles. The van der Waals surface area contributed by atoms with Crippen molar-refractivity contribution in [3.63, 3.8) is 0 Å². The van der Waals surface area contributed by atoms with E-state index >= 15 is 0 Å². The molecule has 0 saturated carbocycles. The summed E-state index contributed by atoms with van der Waals surface area (Å²) < 4.78 is 37.0. The number of H-pyrrole nitrogens is 1. The van der Waals surface area contributed by atoms with Gasteiger partial charge in [0.2, 0.25) is 0 Å². The van der Waals surface area contributed by atoms with Crippen molar-refractivity contribution in [2.75, 3.05) is 24.7 Å². The number of sulfone groups is 1. The van der Waals surface area contributed by atoms with Crippen LogP contribution in [-0.4, -0.2) is 53.4 Å². The zero-order chi connectivity index (χ0) is 23.1. The molecule has 0 spiro atoms. The highest BCUT2D eigenvalue weighted by molar-refractivity contribution is 7.91. The van der Waals surface area contributed by atoms with E-state index in [1.807, 2.05) is 13.0 Å². The maximum absolute atomic E-state index is 12.5. The molecule has 1 atom stereocenters. The van der Waals surface area contributed by atoms with Crippen molar-refractivity contribution < 1.29 is 23.0 Å². The first-order chi connectivity index (χ1) is 14.5. The van der Waals surface area contributed by atoms with E-state index in [9.17, 15) is 23.1 Å². The van der Waals surface area contributed by atoms with Gasteiger partial charge in [0.1, 0.15) is 19.1 Å². The number of ether oxygens (including phenoxy) is 2. The topological polar surface area (TPSA) is 128 Å². The lowest BCUT2D eigenvalue weighted by Gasteiger charge is -2.19. The highest BCUT2D eigenvalue weighted by Crippen LogP contribution is 2.23. The van der Waals surface area contributed by atoms with Crippen LogP contribution in [0.15, 0.2) is 46.1 Å². The molecule has 10 heteroatoms. The molecule has 0 unspecified atom stereocenters. The second kappa shape index (κ2) is 10.7. The summed E-state index contributed by atoms with van der Waals surface area (Å²) in [5.74, 6) is 0.305. The van der Waals surface area contributed by atoms with Crippen LogP contribution in [-0.2, 0) is 21.3 Å². The third-order valence-electron chi connectivity index (χ3n) is 4.39. The molecular formula is C21H30N2O7S. The summed E-state index contributed by atoms with van der Waals surface area (Å²) in [5, 5.41) is 9.77. The van der Waals surface area contributed by atoms with Crippen LogP contribution in [0.5, 0.6) is 5.75 Å². The van der Waals surface area contributed by atoms with Crippen molar-refractivity contribution >= 4 is 9.84 Å². The third-order valence-corrected chi connectivity index (χ3v) is 6.31. The lowest BCUT2D eigenvalue weighted by molar-refractivity contribution is 0.0284. The van der Waals surface area contributed by atoms with Crippen LogP contribution in [0, 0.1) is 0 Å². The number of nitrogens with one attached hydrogen (secondary N) is 1. The Hall–Kier alpha value is -2.43. The molecule has 1 heterocycles. The molecule has 172 valence electrons. The van der Waals surface area contributed by atoms with Gasteiger partial charge < -0.3 is 14.6 Å². The number of hydrogen-bond donors (Lipinski definition) is 2. The van der Waals surface area contributed by atoms with Gasteiger partial charge in [-0.25, -0.2) is 13.2 Å². The molecule has 31 heavy (non-hydrogen) atoms. The fourth-order valence-electron chi connectivity index (χ4n) is 2.82. The van der Waals surface area contributed by atoms with Gasteiger partial charge in [0, 0.05) is 18.9 Å². The molecule has 0 aliphatic carbocycles. The zero-order valence-electron chi connectivity index (χ0n) is 18.0. The molecule has 0 fully saturated rings. The van der Waals surface area contributed by atoms with Crippen LogP contribution in [0.1, 0.15) is 38.7 Å². The standard InChI is InChI=1S/C21H30N2O7S/c1-16(17-6-4-7-18(12-17)30-14-21(2,3)26)13-31(27,28)11-5-10-29-15-23-9-8-19(24)22-20(23)25/h4,6-9,12,16,26H,5,10-11,13-15H2,1-3H3,(H,22,24,25)/t16-/m0/s1. The number of aromatic nitrogens is 2. The lowest BCUT2D eigenvalue weighted by atomic mass is 10.0. The van der Waals surface area contributed by atoms with Crippen LogP contribution < -0.4 is 16.0 Å². The van der Waals surface area contributed by atoms with E-state index < -0.39 is 26.7 Å². The van der Waals surface area contributed by atoms with Gasteiger partial charge >= 0.3 is 5.69 Å². The van der Waals surface area contributed by atoms with Crippen LogP contribution >= 0.6 is 0 Å². The smallest absolute Gasteiger partial charge is 0.330 e. The Labute approximate surface area is 181 Å². The highest BCUT2D eigenvalue weighted by atomic mass is 32.2. The molecule has 9 nitrogen and oxygen atoms in total. The number of hydrogen-bond acceptors (Lipinski definition) is 7. The predicted molar refractivity (Wildman–Crippen MR) is 117 cm³/mol. The maximum Gasteiger partial charge on any atom is 0.330 e. The van der Waals surface area contributed by atoms with Gasteiger partial charge in [0.05, 0.1) is 17.1 Å². The van der Waals surface area contributed by atoms with Crippen molar-refractivity contribution in [1.82, 2.24) is 9.55 Å². The van der Waals surface area contributed by atoms with Gasteiger partial charge in [-0.3, -0.25) is 14.3 Å². The normalized spacial score (nSPS) is 13.2. The summed E-state index contributed by atoms with van der Waals surface area (Å²) in [6.07, 6.45) is 1.61. The summed E-state index contributed by atoms with van der Waals surface area (Å²) in [6.45, 7) is 5.37. The fraction of sp³-hybridized carbons (Fsp3) is 0.524. The molecular weight excluding hydrogens is 424 g/mol. The first kappa shape index (κ1) is 24.8. The first-order valence-electron chi connectivity index (χ1n) is 9.98. The molecule has 0 bridgehead atoms. The number of aliphatic hydroxyl groups is 1. The van der Waals surface area contributed by atoms with Crippen LogP contribution in [0.3, 0.4) is 0 Å². The summed E-state index contributed by atoms with van der Waals surface area (Å²) in [6, 6.07) is 8.41. The fourth-order valence-corrected chi connectivity index (χ4v) is 4.50. The van der Waals surface area contributed by atoms with E-state index in [-0.39, 0.29) is 37.4 Å². The maximum atomic E-state index is 12.5. The quantitative estimate of drug-likeness (QED) is 0.462. The average molecular weight is 455 g/mol. The van der Waals surface area contributed by atoms with Crippen molar-refractivity contribution in [1.29, 1.82) is 0 Å². The molecule has 0 aliphatic heterocycles. The number of rotatable bonds is 12. The number of aromatic amines is 1. The first-order valence-corrected chi connectivity index (χ1v) is 11.8. The lowest BCUT2D eigenvalue weighted by Crippen LogP contribution is -2.29. The van der Waals surface area contributed by atoms with Crippen molar-refractivity contribution in [3.05, 3.63) is 62.9 Å². The molecule has 1 aromatic carbocycles. The summed E-state index contributed by atoms with van der Waals surface area (Å²) in [7, 11) is -3.31. The number of benzene rings is 1. The summed E-state index contributed by atoms with van der Waals surface area (Å²) in [5.41, 5.74) is -1.19. The van der Waals surface area contributed by atoms with Gasteiger partial charge in [0.15, 0.2) is 9.84 Å². The van der Waals surface area contributed by atoms with E-state index in [1.54, 1.807) is 32.0 Å². The minimum atomic E-state index is -3.31. The van der Waals surface area contributed by atoms with Crippen LogP contribution in [0.25, 0.3) is 0 Å². The van der Waals surface area contributed by atoms with Crippen molar-refractivity contribution in [3.8, 4) is 5.75 Å². The highest BCUT2D eigenvalue weighted by Gasteiger charge is 2.18. The van der Waals surface area contributed by atoms with Gasteiger partial charge in [-0.05, 0) is 43.9 Å². The van der Waals surface area contributed by atoms with Crippen molar-refractivity contribution in [2.24, 2.45) is 0 Å². The Balaban J connectivity index is 1.81.